The Hall–Kier alpha value is -1.82. The molecule has 2 aromatic rings. The van der Waals surface area contributed by atoms with E-state index in [1.807, 2.05) is 0 Å². The lowest BCUT2D eigenvalue weighted by atomic mass is 9.86. The van der Waals surface area contributed by atoms with Crippen molar-refractivity contribution in [3.8, 4) is 11.4 Å². The summed E-state index contributed by atoms with van der Waals surface area (Å²) in [5, 5.41) is 9.69. The topological polar surface area (TPSA) is 57.0 Å². The van der Waals surface area contributed by atoms with E-state index in [-0.39, 0.29) is 16.6 Å². The molecule has 6 heteroatoms. The van der Waals surface area contributed by atoms with E-state index in [2.05, 4.69) is 59.8 Å². The number of thioether (sulfide) groups is 1. The minimum absolute atomic E-state index is 0.126. The van der Waals surface area contributed by atoms with Crippen molar-refractivity contribution < 1.29 is 9.53 Å². The Kier molecular flexibility index (Phi) is 5.01. The quantitative estimate of drug-likeness (QED) is 0.710. The van der Waals surface area contributed by atoms with Crippen LogP contribution in [0, 0.1) is 0 Å². The van der Waals surface area contributed by atoms with Crippen LogP contribution in [0.4, 0.5) is 0 Å². The van der Waals surface area contributed by atoms with Gasteiger partial charge in [0.25, 0.3) is 0 Å². The largest absolute Gasteiger partial charge is 0.465 e. The van der Waals surface area contributed by atoms with E-state index in [9.17, 15) is 4.79 Å². The van der Waals surface area contributed by atoms with Gasteiger partial charge in [-0.3, -0.25) is 9.36 Å². The van der Waals surface area contributed by atoms with Gasteiger partial charge in [-0.05, 0) is 23.8 Å². The van der Waals surface area contributed by atoms with Crippen molar-refractivity contribution in [2.45, 2.75) is 74.7 Å². The standard InChI is InChI=1S/C21H27N3O2S/c1-21(2,3)15-10-8-14(9-11-15)18-22-23-20(24(18)16-6-4-5-7-16)27-17-12-13-26-19(17)25/h8-11,16-17H,4-7,12-13H2,1-3H3/t17-/m0/s1. The lowest BCUT2D eigenvalue weighted by molar-refractivity contribution is -0.137. The Labute approximate surface area is 164 Å². The van der Waals surface area contributed by atoms with Crippen LogP contribution in [-0.2, 0) is 14.9 Å². The Bertz CT molecular complexity index is 817. The van der Waals surface area contributed by atoms with E-state index >= 15 is 0 Å². The van der Waals surface area contributed by atoms with Crippen molar-refractivity contribution in [2.24, 2.45) is 0 Å². The van der Waals surface area contributed by atoms with Crippen molar-refractivity contribution in [2.75, 3.05) is 6.61 Å². The number of rotatable bonds is 4. The third kappa shape index (κ3) is 3.77. The van der Waals surface area contributed by atoms with E-state index < -0.39 is 0 Å². The zero-order valence-corrected chi connectivity index (χ0v) is 17.1. The summed E-state index contributed by atoms with van der Waals surface area (Å²) in [4.78, 5) is 11.9. The van der Waals surface area contributed by atoms with Crippen LogP contribution < -0.4 is 0 Å². The maximum Gasteiger partial charge on any atom is 0.319 e. The van der Waals surface area contributed by atoms with Crippen molar-refractivity contribution in [1.82, 2.24) is 14.8 Å². The van der Waals surface area contributed by atoms with E-state index in [1.54, 1.807) is 0 Å². The highest BCUT2D eigenvalue weighted by Crippen LogP contribution is 2.39. The molecule has 5 nitrogen and oxygen atoms in total. The Morgan fingerprint density at radius 1 is 1.07 bits per heavy atom. The summed E-state index contributed by atoms with van der Waals surface area (Å²) in [6.07, 6.45) is 5.51. The van der Waals surface area contributed by atoms with E-state index in [0.717, 1.165) is 35.8 Å². The molecule has 0 amide bonds. The fourth-order valence-electron chi connectivity index (χ4n) is 3.88. The number of hydrogen-bond donors (Lipinski definition) is 0. The monoisotopic (exact) mass is 385 g/mol. The van der Waals surface area contributed by atoms with Gasteiger partial charge in [0.1, 0.15) is 5.25 Å². The molecule has 144 valence electrons. The van der Waals surface area contributed by atoms with Gasteiger partial charge in [-0.1, -0.05) is 69.6 Å². The van der Waals surface area contributed by atoms with Gasteiger partial charge >= 0.3 is 5.97 Å². The number of carbonyl (C=O) groups is 1. The molecule has 1 aromatic carbocycles. The van der Waals surface area contributed by atoms with Crippen LogP contribution in [0.15, 0.2) is 29.4 Å². The zero-order valence-electron chi connectivity index (χ0n) is 16.3. The molecule has 1 saturated carbocycles. The molecular formula is C21H27N3O2S. The maximum atomic E-state index is 11.9. The molecule has 0 bridgehead atoms. The first-order chi connectivity index (χ1) is 12.9. The molecule has 1 atom stereocenters. The van der Waals surface area contributed by atoms with Gasteiger partial charge in [-0.15, -0.1) is 10.2 Å². The number of cyclic esters (lactones) is 1. The number of nitrogens with zero attached hydrogens (tertiary/aromatic N) is 3. The Morgan fingerprint density at radius 2 is 1.78 bits per heavy atom. The minimum atomic E-state index is -0.162. The molecule has 1 aliphatic heterocycles. The molecule has 1 aliphatic carbocycles. The summed E-state index contributed by atoms with van der Waals surface area (Å²) in [6, 6.07) is 9.08. The van der Waals surface area contributed by atoms with Gasteiger partial charge in [-0.2, -0.15) is 0 Å². The van der Waals surface area contributed by atoms with Crippen LogP contribution in [-0.4, -0.2) is 32.6 Å². The van der Waals surface area contributed by atoms with Gasteiger partial charge in [0.05, 0.1) is 6.61 Å². The highest BCUT2D eigenvalue weighted by atomic mass is 32.2. The van der Waals surface area contributed by atoms with Crippen molar-refractivity contribution in [1.29, 1.82) is 0 Å². The number of esters is 1. The van der Waals surface area contributed by atoms with Gasteiger partial charge in [0.15, 0.2) is 11.0 Å². The highest BCUT2D eigenvalue weighted by molar-refractivity contribution is 8.00. The summed E-state index contributed by atoms with van der Waals surface area (Å²) >= 11 is 1.51. The number of benzene rings is 1. The molecule has 27 heavy (non-hydrogen) atoms. The summed E-state index contributed by atoms with van der Waals surface area (Å²) in [7, 11) is 0. The number of hydrogen-bond acceptors (Lipinski definition) is 5. The van der Waals surface area contributed by atoms with Crippen LogP contribution in [0.5, 0.6) is 0 Å². The second kappa shape index (κ2) is 7.30. The first-order valence-electron chi connectivity index (χ1n) is 9.82. The lowest BCUT2D eigenvalue weighted by Crippen LogP contribution is -2.14. The fraction of sp³-hybridized carbons (Fsp3) is 0.571. The third-order valence-electron chi connectivity index (χ3n) is 5.50. The molecule has 2 fully saturated rings. The highest BCUT2D eigenvalue weighted by Gasteiger charge is 2.32. The third-order valence-corrected chi connectivity index (χ3v) is 6.70. The van der Waals surface area contributed by atoms with Crippen LogP contribution in [0.2, 0.25) is 0 Å². The molecule has 1 saturated heterocycles. The molecule has 4 rings (SSSR count). The summed E-state index contributed by atoms with van der Waals surface area (Å²) < 4.78 is 7.40. The van der Waals surface area contributed by atoms with Crippen LogP contribution in [0.25, 0.3) is 11.4 Å². The molecule has 0 radical (unpaired) electrons. The van der Waals surface area contributed by atoms with Gasteiger partial charge in [-0.25, -0.2) is 0 Å². The summed E-state index contributed by atoms with van der Waals surface area (Å²) in [6.45, 7) is 7.17. The van der Waals surface area contributed by atoms with Crippen molar-refractivity contribution >= 4 is 17.7 Å². The summed E-state index contributed by atoms with van der Waals surface area (Å²) in [5.41, 5.74) is 2.52. The van der Waals surface area contributed by atoms with Gasteiger partial charge < -0.3 is 4.74 Å². The van der Waals surface area contributed by atoms with Gasteiger partial charge in [0, 0.05) is 18.0 Å². The Morgan fingerprint density at radius 3 is 2.37 bits per heavy atom. The fourth-order valence-corrected chi connectivity index (χ4v) is 4.95. The van der Waals surface area contributed by atoms with Crippen LogP contribution in [0.3, 0.4) is 0 Å². The second-order valence-electron chi connectivity index (χ2n) is 8.50. The normalized spacial score (nSPS) is 21.0. The average molecular weight is 386 g/mol. The molecule has 1 aromatic heterocycles. The van der Waals surface area contributed by atoms with Crippen molar-refractivity contribution in [3.63, 3.8) is 0 Å². The van der Waals surface area contributed by atoms with E-state index in [0.29, 0.717) is 12.6 Å². The first kappa shape index (κ1) is 18.5. The maximum absolute atomic E-state index is 11.9. The number of ether oxygens (including phenoxy) is 1. The predicted molar refractivity (Wildman–Crippen MR) is 107 cm³/mol. The lowest BCUT2D eigenvalue weighted by Gasteiger charge is -2.20. The Balaban J connectivity index is 1.68. The molecular weight excluding hydrogens is 358 g/mol. The average Bonchev–Trinajstić information content (AvgIpc) is 3.36. The molecule has 2 aliphatic rings. The van der Waals surface area contributed by atoms with Crippen molar-refractivity contribution in [3.05, 3.63) is 29.8 Å². The van der Waals surface area contributed by atoms with E-state index in [1.165, 1.54) is 30.2 Å². The molecule has 2 heterocycles. The zero-order chi connectivity index (χ0) is 19.0. The summed E-state index contributed by atoms with van der Waals surface area (Å²) in [5.74, 6) is 0.785. The molecule has 0 spiro atoms. The SMILES string of the molecule is CC(C)(C)c1ccc(-c2nnc(S[C@H]3CCOC3=O)n2C2CCCC2)cc1. The second-order valence-corrected chi connectivity index (χ2v) is 9.67. The smallest absolute Gasteiger partial charge is 0.319 e. The van der Waals surface area contributed by atoms with Gasteiger partial charge in [0.2, 0.25) is 0 Å². The van der Waals surface area contributed by atoms with Crippen LogP contribution >= 0.6 is 11.8 Å². The number of aromatic nitrogens is 3. The minimum Gasteiger partial charge on any atom is -0.465 e. The van der Waals surface area contributed by atoms with E-state index in [4.69, 9.17) is 4.74 Å². The predicted octanol–water partition coefficient (Wildman–Crippen LogP) is 4.77. The molecule has 0 unspecified atom stereocenters. The first-order valence-corrected chi connectivity index (χ1v) is 10.7. The molecule has 0 N–H and O–H groups in total. The van der Waals surface area contributed by atoms with Crippen LogP contribution in [0.1, 0.15) is 64.5 Å². The number of carbonyl (C=O) groups excluding carboxylic acids is 1.